The van der Waals surface area contributed by atoms with Crippen molar-refractivity contribution in [3.8, 4) is 23.0 Å². The number of benzene rings is 4. The number of anilines is 2. The third-order valence-corrected chi connectivity index (χ3v) is 22.1. The van der Waals surface area contributed by atoms with Crippen molar-refractivity contribution in [3.05, 3.63) is 118 Å². The van der Waals surface area contributed by atoms with Crippen LogP contribution in [0.4, 0.5) is 11.4 Å². The molecule has 4 aromatic carbocycles. The molecule has 2 aliphatic carbocycles. The summed E-state index contributed by atoms with van der Waals surface area (Å²) >= 11 is 0. The lowest BCUT2D eigenvalue weighted by Crippen LogP contribution is -2.34. The summed E-state index contributed by atoms with van der Waals surface area (Å²) in [6, 6.07) is 21.9. The first-order valence-electron chi connectivity index (χ1n) is 41.1. The van der Waals surface area contributed by atoms with Gasteiger partial charge in [0, 0.05) is 37.6 Å². The maximum Gasteiger partial charge on any atom is 0.182 e. The van der Waals surface area contributed by atoms with E-state index in [4.69, 9.17) is 0 Å². The van der Waals surface area contributed by atoms with Gasteiger partial charge in [0.2, 0.25) is 0 Å². The van der Waals surface area contributed by atoms with Gasteiger partial charge < -0.3 is 40.4 Å². The van der Waals surface area contributed by atoms with Gasteiger partial charge in [0.25, 0.3) is 0 Å². The smallest absolute Gasteiger partial charge is 0.182 e. The number of allylic oxidation sites excluding steroid dienone is 4. The van der Waals surface area contributed by atoms with Gasteiger partial charge in [-0.25, -0.2) is 0 Å². The van der Waals surface area contributed by atoms with Gasteiger partial charge in [0.1, 0.15) is 46.4 Å². The van der Waals surface area contributed by atoms with Crippen molar-refractivity contribution in [2.24, 2.45) is 23.7 Å². The molecule has 0 amide bonds. The fraction of sp³-hybridized carbons (Fsp3) is 0.644. The van der Waals surface area contributed by atoms with E-state index in [0.29, 0.717) is 45.9 Å². The van der Waals surface area contributed by atoms with Crippen LogP contribution in [0.15, 0.2) is 84.3 Å². The van der Waals surface area contributed by atoms with Crippen molar-refractivity contribution in [2.45, 2.75) is 324 Å². The number of ketones is 2. The van der Waals surface area contributed by atoms with E-state index < -0.39 is 46.4 Å². The molecule has 2 aliphatic rings. The summed E-state index contributed by atoms with van der Waals surface area (Å²) in [5.74, 6) is -2.21. The molecule has 0 aromatic heterocycles. The van der Waals surface area contributed by atoms with E-state index in [1.807, 2.05) is 24.3 Å². The van der Waals surface area contributed by atoms with Crippen LogP contribution in [-0.4, -0.2) is 68.4 Å². The summed E-state index contributed by atoms with van der Waals surface area (Å²) in [5.41, 5.74) is 3.79. The highest BCUT2D eigenvalue weighted by Gasteiger charge is 2.45. The Balaban J connectivity index is 1.19. The van der Waals surface area contributed by atoms with Crippen molar-refractivity contribution in [3.63, 3.8) is 0 Å². The zero-order chi connectivity index (χ0) is 72.0. The highest BCUT2D eigenvalue weighted by atomic mass is 16.3. The van der Waals surface area contributed by atoms with Gasteiger partial charge in [0.15, 0.2) is 11.6 Å². The van der Waals surface area contributed by atoms with Gasteiger partial charge in [-0.15, -0.1) is 0 Å². The van der Waals surface area contributed by atoms with Crippen molar-refractivity contribution in [1.29, 1.82) is 0 Å². The Morgan fingerprint density at radius 1 is 0.310 bits per heavy atom. The minimum Gasteiger partial charge on any atom is -0.510 e. The van der Waals surface area contributed by atoms with E-state index in [0.717, 1.165) is 37.6 Å². The molecular weight excluding hydrogens is 1240 g/mol. The first kappa shape index (κ1) is 82.8. The van der Waals surface area contributed by atoms with Crippen LogP contribution < -0.4 is 9.80 Å². The van der Waals surface area contributed by atoms with Crippen LogP contribution in [-0.2, 0) is 9.59 Å². The average Bonchev–Trinajstić information content (AvgIpc) is 0.745. The summed E-state index contributed by atoms with van der Waals surface area (Å²) in [6.07, 6.45) is 53.4. The third-order valence-electron chi connectivity index (χ3n) is 22.1. The lowest BCUT2D eigenvalue weighted by molar-refractivity contribution is -0.117. The molecule has 0 fully saturated rings. The summed E-state index contributed by atoms with van der Waals surface area (Å²) in [6.45, 7) is 22.3. The number of aromatic hydroxyl groups is 4. The monoisotopic (exact) mass is 1380 g/mol. The second kappa shape index (κ2) is 46.4. The number of carbonyl (C=O) groups excluding carboxylic acids is 2. The summed E-state index contributed by atoms with van der Waals surface area (Å²) in [5, 5.41) is 69.2. The summed E-state index contributed by atoms with van der Waals surface area (Å²) < 4.78 is 0. The SMILES string of the molecule is CCCCCCC(CCCCCC)CN(CC(CCCCCC)CCCCCC)c1ccc(C2C(=O)C(c3c(O)cc(/C=C/c4cc(O)c(C5=C(O)C(c6ccc(N(CC(CCCCCC)CCCCCC)CC(CCCCCC)CCCCCC)cc6)C5=O)c(O)c4)cc3O)=C2O)cc1. The van der Waals surface area contributed by atoms with Crippen LogP contribution in [0.5, 0.6) is 23.0 Å². The number of hydrogen-bond donors (Lipinski definition) is 6. The van der Waals surface area contributed by atoms with E-state index in [-0.39, 0.29) is 33.8 Å². The Labute approximate surface area is 607 Å². The third kappa shape index (κ3) is 26.0. The maximum atomic E-state index is 14.2. The number of Topliss-reactive ketones (excluding diaryl/α,β-unsaturated/α-hetero) is 2. The number of phenols is 4. The quantitative estimate of drug-likeness (QED) is 0.0185. The van der Waals surface area contributed by atoms with Crippen LogP contribution in [0.1, 0.15) is 357 Å². The fourth-order valence-corrected chi connectivity index (χ4v) is 16.0. The molecule has 0 radical (unpaired) electrons. The lowest BCUT2D eigenvalue weighted by Gasteiger charge is -2.34. The standard InChI is InChI=1S/C90H138N2O8/c1-9-17-25-33-41-67(42-34-26-18-10-2)63-91(64-68(43-35-27-19-11-3)44-36-28-20-12-4)75-55-51-73(52-56-75)81-87(97)85(88(81)98)83-77(93)59-71(60-78(83)94)49-50-72-61-79(95)84(80(96)62-72)86-89(99)82(90(86)100)74-53-57-76(58-54-74)92(65-69(45-37-29-21-13-5)46-38-30-22-14-6)66-70(47-39-31-23-15-7)48-40-32-24-16-8/h49-62,67-70,81-82,93-97,99H,9-48,63-66H2,1-8H3/b50-49+. The van der Waals surface area contributed by atoms with Crippen molar-refractivity contribution < 1.29 is 40.2 Å². The van der Waals surface area contributed by atoms with E-state index in [1.54, 1.807) is 12.2 Å². The lowest BCUT2D eigenvalue weighted by atomic mass is 9.74. The zero-order valence-corrected chi connectivity index (χ0v) is 64.1. The fourth-order valence-electron chi connectivity index (χ4n) is 16.0. The zero-order valence-electron chi connectivity index (χ0n) is 64.1. The number of carbonyl (C=O) groups is 2. The molecule has 2 unspecified atom stereocenters. The number of hydrogen-bond acceptors (Lipinski definition) is 10. The van der Waals surface area contributed by atoms with Crippen LogP contribution in [0, 0.1) is 23.7 Å². The Morgan fingerprint density at radius 2 is 0.520 bits per heavy atom. The average molecular weight is 1380 g/mol. The highest BCUT2D eigenvalue weighted by Crippen LogP contribution is 2.51. The molecule has 4 aromatic rings. The molecule has 10 heteroatoms. The molecule has 556 valence electrons. The van der Waals surface area contributed by atoms with Crippen molar-refractivity contribution in [2.75, 3.05) is 36.0 Å². The molecule has 6 rings (SSSR count). The maximum absolute atomic E-state index is 14.2. The first-order valence-corrected chi connectivity index (χ1v) is 41.1. The molecule has 0 bridgehead atoms. The molecule has 0 saturated carbocycles. The Hall–Kier alpha value is -6.16. The first-order chi connectivity index (χ1) is 48.7. The minimum absolute atomic E-state index is 0.121. The predicted molar refractivity (Wildman–Crippen MR) is 424 cm³/mol. The van der Waals surface area contributed by atoms with Crippen LogP contribution >= 0.6 is 0 Å². The predicted octanol–water partition coefficient (Wildman–Crippen LogP) is 25.8. The second-order valence-corrected chi connectivity index (χ2v) is 30.6. The number of nitrogens with zero attached hydrogens (tertiary/aromatic N) is 2. The molecule has 6 N–H and O–H groups in total. The van der Waals surface area contributed by atoms with Crippen molar-refractivity contribution in [1.82, 2.24) is 0 Å². The number of aliphatic hydroxyl groups is 2. The minimum atomic E-state index is -0.925. The second-order valence-electron chi connectivity index (χ2n) is 30.6. The molecule has 10 nitrogen and oxygen atoms in total. The summed E-state index contributed by atoms with van der Waals surface area (Å²) in [7, 11) is 0. The van der Waals surface area contributed by atoms with Gasteiger partial charge >= 0.3 is 0 Å². The van der Waals surface area contributed by atoms with Crippen LogP contribution in [0.2, 0.25) is 0 Å². The highest BCUT2D eigenvalue weighted by molar-refractivity contribution is 6.33. The number of unbranched alkanes of at least 4 members (excludes halogenated alkanes) is 24. The van der Waals surface area contributed by atoms with Gasteiger partial charge in [-0.1, -0.05) is 297 Å². The van der Waals surface area contributed by atoms with E-state index in [1.165, 1.54) is 281 Å². The molecule has 0 spiro atoms. The largest absolute Gasteiger partial charge is 0.510 e. The molecule has 100 heavy (non-hydrogen) atoms. The Morgan fingerprint density at radius 3 is 0.710 bits per heavy atom. The van der Waals surface area contributed by atoms with Gasteiger partial charge in [-0.3, -0.25) is 9.59 Å². The van der Waals surface area contributed by atoms with E-state index in [2.05, 4.69) is 89.5 Å². The normalized spacial score (nSPS) is 14.9. The Bertz CT molecular complexity index is 2730. The molecule has 2 atom stereocenters. The van der Waals surface area contributed by atoms with Gasteiger partial charge in [-0.05, 0) is 146 Å². The Kier molecular flexibility index (Phi) is 38.5. The van der Waals surface area contributed by atoms with Crippen LogP contribution in [0.25, 0.3) is 23.3 Å². The van der Waals surface area contributed by atoms with Crippen LogP contribution in [0.3, 0.4) is 0 Å². The van der Waals surface area contributed by atoms with Crippen molar-refractivity contribution >= 4 is 46.2 Å². The van der Waals surface area contributed by atoms with E-state index >= 15 is 0 Å². The molecule has 0 aliphatic heterocycles. The van der Waals surface area contributed by atoms with E-state index in [9.17, 15) is 40.2 Å². The topological polar surface area (TPSA) is 162 Å². The number of rotatable bonds is 56. The molecule has 0 saturated heterocycles. The van der Waals surface area contributed by atoms with Gasteiger partial charge in [0.05, 0.1) is 22.3 Å². The molecular formula is C90H138N2O8. The van der Waals surface area contributed by atoms with Gasteiger partial charge in [-0.2, -0.15) is 0 Å². The number of aliphatic hydroxyl groups excluding tert-OH is 2. The molecule has 0 heterocycles. The summed E-state index contributed by atoms with van der Waals surface area (Å²) in [4.78, 5) is 33.6. The number of phenolic OH excluding ortho intramolecular Hbond substituents is 4.